The summed E-state index contributed by atoms with van der Waals surface area (Å²) in [4.78, 5) is 2.51. The number of anilines is 3. The van der Waals surface area contributed by atoms with Crippen LogP contribution in [-0.2, 0) is 5.41 Å². The van der Waals surface area contributed by atoms with E-state index in [0.717, 1.165) is 11.4 Å². The molecule has 2 heteroatoms. The van der Waals surface area contributed by atoms with E-state index in [0.29, 0.717) is 0 Å². The van der Waals surface area contributed by atoms with Crippen molar-refractivity contribution in [1.29, 1.82) is 0 Å². The third-order valence-corrected chi connectivity index (χ3v) is 14.7. The Morgan fingerprint density at radius 1 is 0.333 bits per heavy atom. The van der Waals surface area contributed by atoms with Crippen molar-refractivity contribution in [3.8, 4) is 55.6 Å². The zero-order valence-electron chi connectivity index (χ0n) is 34.4. The Kier molecular flexibility index (Phi) is 8.06. The van der Waals surface area contributed by atoms with E-state index in [1.54, 1.807) is 0 Å². The Morgan fingerprint density at radius 3 is 1.41 bits per heavy atom. The van der Waals surface area contributed by atoms with Crippen molar-refractivity contribution in [2.24, 2.45) is 0 Å². The first-order chi connectivity index (χ1) is 31.3. The van der Waals surface area contributed by atoms with Gasteiger partial charge in [-0.25, -0.2) is 0 Å². The Morgan fingerprint density at radius 2 is 0.794 bits per heavy atom. The van der Waals surface area contributed by atoms with E-state index in [-0.39, 0.29) is 0 Å². The van der Waals surface area contributed by atoms with Crippen LogP contribution in [0.15, 0.2) is 237 Å². The summed E-state index contributed by atoms with van der Waals surface area (Å²) < 4.78 is 2.57. The topological polar surface area (TPSA) is 3.24 Å². The van der Waals surface area contributed by atoms with Gasteiger partial charge in [0, 0.05) is 26.8 Å². The molecule has 1 atom stereocenters. The molecule has 294 valence electrons. The summed E-state index contributed by atoms with van der Waals surface area (Å²) in [6.07, 6.45) is 0. The number of hydrogen-bond acceptors (Lipinski definition) is 2. The van der Waals surface area contributed by atoms with E-state index in [1.165, 1.54) is 104 Å². The highest BCUT2D eigenvalue weighted by Gasteiger charge is 2.53. The Hall–Kier alpha value is -7.78. The van der Waals surface area contributed by atoms with E-state index in [4.69, 9.17) is 0 Å². The zero-order chi connectivity index (χ0) is 41.5. The fourth-order valence-corrected chi connectivity index (χ4v) is 12.0. The first-order valence-electron chi connectivity index (χ1n) is 21.8. The lowest BCUT2D eigenvalue weighted by atomic mass is 9.70. The maximum Gasteiger partial charge on any atom is 0.0726 e. The van der Waals surface area contributed by atoms with Gasteiger partial charge in [0.25, 0.3) is 0 Å². The van der Waals surface area contributed by atoms with Crippen molar-refractivity contribution in [3.05, 3.63) is 259 Å². The van der Waals surface area contributed by atoms with E-state index in [9.17, 15) is 0 Å². The molecule has 11 aromatic rings. The maximum absolute atomic E-state index is 2.57. The molecule has 0 N–H and O–H groups in total. The smallest absolute Gasteiger partial charge is 0.0726 e. The summed E-state index contributed by atoms with van der Waals surface area (Å²) in [5.74, 6) is 0. The van der Waals surface area contributed by atoms with Crippen molar-refractivity contribution in [2.45, 2.75) is 5.41 Å². The van der Waals surface area contributed by atoms with Gasteiger partial charge in [0.2, 0.25) is 0 Å². The molecular formula is C61H39NS. The van der Waals surface area contributed by atoms with Crippen molar-refractivity contribution < 1.29 is 0 Å². The summed E-state index contributed by atoms with van der Waals surface area (Å²) >= 11 is 1.91. The number of nitrogens with zero attached hydrogens (tertiary/aromatic N) is 1. The van der Waals surface area contributed by atoms with Gasteiger partial charge < -0.3 is 4.90 Å². The number of fused-ring (bicyclic) bond motifs is 14. The van der Waals surface area contributed by atoms with Crippen LogP contribution >= 0.6 is 11.3 Å². The molecule has 63 heavy (non-hydrogen) atoms. The van der Waals surface area contributed by atoms with Gasteiger partial charge in [-0.15, -0.1) is 11.3 Å². The first kappa shape index (κ1) is 35.9. The van der Waals surface area contributed by atoms with Crippen molar-refractivity contribution in [2.75, 3.05) is 4.90 Å². The van der Waals surface area contributed by atoms with E-state index < -0.39 is 5.41 Å². The highest BCUT2D eigenvalue weighted by atomic mass is 32.1. The molecular weight excluding hydrogens is 779 g/mol. The maximum atomic E-state index is 2.57. The molecule has 13 rings (SSSR count). The van der Waals surface area contributed by atoms with Gasteiger partial charge in [-0.2, -0.15) is 0 Å². The minimum Gasteiger partial charge on any atom is -0.309 e. The monoisotopic (exact) mass is 817 g/mol. The van der Waals surface area contributed by atoms with Crippen molar-refractivity contribution >= 4 is 48.6 Å². The standard InChI is InChI=1S/C61H39NS/c1-4-16-40(17-5-1)43-28-33-46(34-29-43)62(47-35-30-44(31-36-47)41-18-6-2-7-19-41)56-39-55-58(59-51-24-12-15-27-57(51)63-60(56)59)50-23-11-14-26-53(50)61(55)52-25-13-10-22-48(52)49-37-32-45(38-54(49)61)42-20-8-3-9-21-42/h1-39H. The number of rotatable bonds is 6. The van der Waals surface area contributed by atoms with Crippen molar-refractivity contribution in [3.63, 3.8) is 0 Å². The van der Waals surface area contributed by atoms with Crippen LogP contribution in [0.5, 0.6) is 0 Å². The molecule has 0 aliphatic heterocycles. The fourth-order valence-electron chi connectivity index (χ4n) is 10.8. The van der Waals surface area contributed by atoms with E-state index in [1.807, 2.05) is 11.3 Å². The third kappa shape index (κ3) is 5.35. The minimum absolute atomic E-state index is 0.547. The molecule has 0 bridgehead atoms. The van der Waals surface area contributed by atoms with Crippen LogP contribution in [0, 0.1) is 0 Å². The quantitative estimate of drug-likeness (QED) is 0.162. The van der Waals surface area contributed by atoms with Crippen LogP contribution in [0.25, 0.3) is 75.8 Å². The molecule has 10 aromatic carbocycles. The average molecular weight is 818 g/mol. The highest BCUT2D eigenvalue weighted by Crippen LogP contribution is 2.66. The highest BCUT2D eigenvalue weighted by molar-refractivity contribution is 7.26. The average Bonchev–Trinajstić information content (AvgIpc) is 3.99. The van der Waals surface area contributed by atoms with Crippen LogP contribution in [0.3, 0.4) is 0 Å². The van der Waals surface area contributed by atoms with Crippen LogP contribution in [0.2, 0.25) is 0 Å². The van der Waals surface area contributed by atoms with Gasteiger partial charge in [0.05, 0.1) is 15.8 Å². The molecule has 0 saturated carbocycles. The van der Waals surface area contributed by atoms with Crippen LogP contribution in [0.4, 0.5) is 17.1 Å². The summed E-state index contributed by atoms with van der Waals surface area (Å²) in [5, 5.41) is 2.62. The summed E-state index contributed by atoms with van der Waals surface area (Å²) in [6.45, 7) is 0. The molecule has 1 spiro atoms. The number of thiophene rings is 1. The summed E-state index contributed by atoms with van der Waals surface area (Å²) in [5.41, 5.74) is 20.7. The molecule has 0 saturated heterocycles. The molecule has 0 fully saturated rings. The summed E-state index contributed by atoms with van der Waals surface area (Å²) in [7, 11) is 0. The van der Waals surface area contributed by atoms with Gasteiger partial charge in [-0.05, 0) is 120 Å². The Bertz CT molecular complexity index is 3450. The predicted molar refractivity (Wildman–Crippen MR) is 267 cm³/mol. The fraction of sp³-hybridized carbons (Fsp3) is 0.0164. The van der Waals surface area contributed by atoms with Gasteiger partial charge in [-0.3, -0.25) is 0 Å². The first-order valence-corrected chi connectivity index (χ1v) is 22.6. The zero-order valence-corrected chi connectivity index (χ0v) is 35.2. The molecule has 1 aromatic heterocycles. The Labute approximate surface area is 371 Å². The lowest BCUT2D eigenvalue weighted by Crippen LogP contribution is -2.26. The van der Waals surface area contributed by atoms with Gasteiger partial charge in [0.1, 0.15) is 0 Å². The molecule has 0 amide bonds. The lowest BCUT2D eigenvalue weighted by molar-refractivity contribution is 0.795. The second-order valence-electron chi connectivity index (χ2n) is 16.7. The third-order valence-electron chi connectivity index (χ3n) is 13.5. The van der Waals surface area contributed by atoms with Gasteiger partial charge in [0.15, 0.2) is 0 Å². The number of hydrogen-bond donors (Lipinski definition) is 0. The van der Waals surface area contributed by atoms with Gasteiger partial charge >= 0.3 is 0 Å². The molecule has 2 aliphatic rings. The van der Waals surface area contributed by atoms with Gasteiger partial charge in [-0.1, -0.05) is 194 Å². The molecule has 1 heterocycles. The minimum atomic E-state index is -0.547. The SMILES string of the molecule is c1ccc(-c2ccc(N(c3ccc(-c4ccccc4)cc3)c3cc4c(c5c3sc3ccccc35)-c3ccccc3C43c4ccccc4-c4ccc(-c5ccccc5)cc43)cc2)cc1. The van der Waals surface area contributed by atoms with Crippen LogP contribution in [0.1, 0.15) is 22.3 Å². The van der Waals surface area contributed by atoms with E-state index in [2.05, 4.69) is 241 Å². The van der Waals surface area contributed by atoms with Crippen LogP contribution < -0.4 is 4.90 Å². The van der Waals surface area contributed by atoms with Crippen LogP contribution in [-0.4, -0.2) is 0 Å². The van der Waals surface area contributed by atoms with Crippen molar-refractivity contribution in [1.82, 2.24) is 0 Å². The molecule has 1 unspecified atom stereocenters. The Balaban J connectivity index is 1.14. The second-order valence-corrected chi connectivity index (χ2v) is 17.8. The largest absolute Gasteiger partial charge is 0.309 e. The number of benzene rings is 10. The lowest BCUT2D eigenvalue weighted by Gasteiger charge is -2.33. The molecule has 2 aliphatic carbocycles. The predicted octanol–water partition coefficient (Wildman–Crippen LogP) is 16.9. The summed E-state index contributed by atoms with van der Waals surface area (Å²) in [6, 6.07) is 87.7. The van der Waals surface area contributed by atoms with E-state index >= 15 is 0 Å². The molecule has 0 radical (unpaired) electrons. The molecule has 1 nitrogen and oxygen atoms in total. The second kappa shape index (κ2) is 14.1. The normalized spacial score (nSPS) is 14.4.